The van der Waals surface area contributed by atoms with Gasteiger partial charge in [0.05, 0.1) is 13.2 Å². The summed E-state index contributed by atoms with van der Waals surface area (Å²) in [5, 5.41) is 6.28. The Kier molecular flexibility index (Phi) is 9.28. The van der Waals surface area contributed by atoms with Gasteiger partial charge in [0.1, 0.15) is 0 Å². The van der Waals surface area contributed by atoms with Gasteiger partial charge in [-0.3, -0.25) is 4.79 Å². The fraction of sp³-hybridized carbons (Fsp3) is 0.917. The van der Waals surface area contributed by atoms with Crippen molar-refractivity contribution >= 4 is 17.7 Å². The maximum Gasteiger partial charge on any atom is 0.221 e. The molecule has 0 aromatic rings. The smallest absolute Gasteiger partial charge is 0.221 e. The number of thioether (sulfide) groups is 1. The Bertz CT molecular complexity index is 223. The Hall–Kier alpha value is -0.300. The minimum Gasteiger partial charge on any atom is -0.382 e. The first kappa shape index (κ1) is 15.8. The lowest BCUT2D eigenvalue weighted by Crippen LogP contribution is -2.41. The van der Waals surface area contributed by atoms with Gasteiger partial charge in [0.25, 0.3) is 0 Å². The zero-order chi connectivity index (χ0) is 13.1. The van der Waals surface area contributed by atoms with Crippen molar-refractivity contribution in [2.24, 2.45) is 0 Å². The van der Waals surface area contributed by atoms with E-state index < -0.39 is 0 Å². The van der Waals surface area contributed by atoms with Crippen LogP contribution >= 0.6 is 11.8 Å². The molecule has 1 saturated heterocycles. The minimum atomic E-state index is 0.131. The Labute approximate surface area is 113 Å². The Balaban J connectivity index is 1.90. The van der Waals surface area contributed by atoms with Crippen molar-refractivity contribution in [3.63, 3.8) is 0 Å². The standard InChI is InChI=1S/C12H24N2O3S/c1-16-6-7-17-5-2-3-14-12(15)9-11-10-18-8-4-13-11/h11,13H,2-10H2,1H3,(H,14,15). The van der Waals surface area contributed by atoms with Gasteiger partial charge in [-0.25, -0.2) is 0 Å². The van der Waals surface area contributed by atoms with Crippen molar-refractivity contribution in [2.75, 3.05) is 51.5 Å². The second kappa shape index (κ2) is 10.6. The van der Waals surface area contributed by atoms with Crippen LogP contribution in [0.5, 0.6) is 0 Å². The van der Waals surface area contributed by atoms with Crippen LogP contribution in [0.3, 0.4) is 0 Å². The summed E-state index contributed by atoms with van der Waals surface area (Å²) in [5.74, 6) is 2.32. The summed E-state index contributed by atoms with van der Waals surface area (Å²) in [6.07, 6.45) is 1.43. The molecule has 1 heterocycles. The van der Waals surface area contributed by atoms with Crippen LogP contribution in [0.2, 0.25) is 0 Å². The number of carbonyl (C=O) groups is 1. The van der Waals surface area contributed by atoms with Gasteiger partial charge in [0.15, 0.2) is 0 Å². The number of nitrogens with one attached hydrogen (secondary N) is 2. The first-order valence-electron chi connectivity index (χ1n) is 6.47. The number of hydrogen-bond donors (Lipinski definition) is 2. The predicted octanol–water partition coefficient (Wildman–Crippen LogP) is 0.251. The van der Waals surface area contributed by atoms with Crippen LogP contribution in [0.25, 0.3) is 0 Å². The van der Waals surface area contributed by atoms with Gasteiger partial charge >= 0.3 is 0 Å². The van der Waals surface area contributed by atoms with Gasteiger partial charge in [-0.05, 0) is 6.42 Å². The number of amides is 1. The van der Waals surface area contributed by atoms with Crippen LogP contribution in [0.15, 0.2) is 0 Å². The lowest BCUT2D eigenvalue weighted by molar-refractivity contribution is -0.121. The molecular weight excluding hydrogens is 252 g/mol. The van der Waals surface area contributed by atoms with E-state index in [9.17, 15) is 4.79 Å². The van der Waals surface area contributed by atoms with Gasteiger partial charge in [-0.1, -0.05) is 0 Å². The molecule has 1 aliphatic rings. The molecule has 2 N–H and O–H groups in total. The summed E-state index contributed by atoms with van der Waals surface area (Å²) in [6.45, 7) is 3.61. The highest BCUT2D eigenvalue weighted by Crippen LogP contribution is 2.09. The largest absolute Gasteiger partial charge is 0.382 e. The fourth-order valence-electron chi connectivity index (χ4n) is 1.69. The van der Waals surface area contributed by atoms with Crippen molar-refractivity contribution < 1.29 is 14.3 Å². The number of methoxy groups -OCH3 is 1. The quantitative estimate of drug-likeness (QED) is 0.591. The molecule has 0 bridgehead atoms. The average molecular weight is 276 g/mol. The monoisotopic (exact) mass is 276 g/mol. The maximum absolute atomic E-state index is 11.6. The number of hydrogen-bond acceptors (Lipinski definition) is 5. The van der Waals surface area contributed by atoms with E-state index in [1.165, 1.54) is 0 Å². The third-order valence-electron chi connectivity index (χ3n) is 2.65. The molecule has 18 heavy (non-hydrogen) atoms. The SMILES string of the molecule is COCCOCCCNC(=O)CC1CSCCN1. The van der Waals surface area contributed by atoms with Crippen molar-refractivity contribution in [1.82, 2.24) is 10.6 Å². The molecule has 0 spiro atoms. The fourth-order valence-corrected chi connectivity index (χ4v) is 2.64. The molecule has 1 fully saturated rings. The second-order valence-electron chi connectivity index (χ2n) is 4.24. The molecule has 1 atom stereocenters. The third kappa shape index (κ3) is 7.92. The van der Waals surface area contributed by atoms with Gasteiger partial charge in [0.2, 0.25) is 5.91 Å². The lowest BCUT2D eigenvalue weighted by atomic mass is 10.2. The number of ether oxygens (including phenoxy) is 2. The highest BCUT2D eigenvalue weighted by molar-refractivity contribution is 7.99. The van der Waals surface area contributed by atoms with Crippen LogP contribution in [0.1, 0.15) is 12.8 Å². The first-order chi connectivity index (χ1) is 8.83. The summed E-state index contributed by atoms with van der Waals surface area (Å²) in [5.41, 5.74) is 0. The van der Waals surface area contributed by atoms with Gasteiger partial charge in [-0.15, -0.1) is 0 Å². The van der Waals surface area contributed by atoms with E-state index in [0.29, 0.717) is 38.8 Å². The van der Waals surface area contributed by atoms with Crippen LogP contribution in [0.4, 0.5) is 0 Å². The molecule has 1 unspecified atom stereocenters. The molecule has 6 heteroatoms. The zero-order valence-electron chi connectivity index (χ0n) is 11.1. The predicted molar refractivity (Wildman–Crippen MR) is 74.1 cm³/mol. The Morgan fingerprint density at radius 2 is 2.33 bits per heavy atom. The maximum atomic E-state index is 11.6. The minimum absolute atomic E-state index is 0.131. The van der Waals surface area contributed by atoms with E-state index in [1.807, 2.05) is 11.8 Å². The molecule has 1 amide bonds. The molecule has 0 saturated carbocycles. The highest BCUT2D eigenvalue weighted by Gasteiger charge is 2.15. The second-order valence-corrected chi connectivity index (χ2v) is 5.39. The molecular formula is C12H24N2O3S. The summed E-state index contributed by atoms with van der Waals surface area (Å²) >= 11 is 1.91. The van der Waals surface area contributed by atoms with Crippen molar-refractivity contribution in [3.05, 3.63) is 0 Å². The van der Waals surface area contributed by atoms with E-state index in [2.05, 4.69) is 10.6 Å². The molecule has 5 nitrogen and oxygen atoms in total. The van der Waals surface area contributed by atoms with E-state index in [4.69, 9.17) is 9.47 Å². The molecule has 0 radical (unpaired) electrons. The summed E-state index contributed by atoms with van der Waals surface area (Å²) in [7, 11) is 1.65. The van der Waals surface area contributed by atoms with Crippen LogP contribution in [0, 0.1) is 0 Å². The van der Waals surface area contributed by atoms with Crippen molar-refractivity contribution in [2.45, 2.75) is 18.9 Å². The normalized spacial score (nSPS) is 19.7. The molecule has 0 aliphatic carbocycles. The molecule has 1 rings (SSSR count). The van der Waals surface area contributed by atoms with Crippen molar-refractivity contribution in [3.8, 4) is 0 Å². The van der Waals surface area contributed by atoms with Crippen LogP contribution < -0.4 is 10.6 Å². The Morgan fingerprint density at radius 1 is 1.44 bits per heavy atom. The summed E-state index contributed by atoms with van der Waals surface area (Å²) in [6, 6.07) is 0.335. The summed E-state index contributed by atoms with van der Waals surface area (Å²) in [4.78, 5) is 11.6. The van der Waals surface area contributed by atoms with Crippen LogP contribution in [-0.2, 0) is 14.3 Å². The van der Waals surface area contributed by atoms with E-state index in [-0.39, 0.29) is 5.91 Å². The summed E-state index contributed by atoms with van der Waals surface area (Å²) < 4.78 is 10.2. The number of carbonyl (C=O) groups excluding carboxylic acids is 1. The average Bonchev–Trinajstić information content (AvgIpc) is 2.39. The topological polar surface area (TPSA) is 59.6 Å². The molecule has 106 valence electrons. The third-order valence-corrected chi connectivity index (χ3v) is 3.78. The van der Waals surface area contributed by atoms with Gasteiger partial charge < -0.3 is 20.1 Å². The van der Waals surface area contributed by atoms with E-state index >= 15 is 0 Å². The highest BCUT2D eigenvalue weighted by atomic mass is 32.2. The van der Waals surface area contributed by atoms with E-state index in [0.717, 1.165) is 24.5 Å². The first-order valence-corrected chi connectivity index (χ1v) is 7.63. The Morgan fingerprint density at radius 3 is 3.06 bits per heavy atom. The molecule has 0 aromatic heterocycles. The molecule has 0 aromatic carbocycles. The van der Waals surface area contributed by atoms with Crippen LogP contribution in [-0.4, -0.2) is 63.5 Å². The van der Waals surface area contributed by atoms with Gasteiger partial charge in [-0.2, -0.15) is 11.8 Å². The van der Waals surface area contributed by atoms with E-state index in [1.54, 1.807) is 7.11 Å². The van der Waals surface area contributed by atoms with Crippen molar-refractivity contribution in [1.29, 1.82) is 0 Å². The number of rotatable bonds is 9. The van der Waals surface area contributed by atoms with Gasteiger partial charge in [0, 0.05) is 50.8 Å². The molecule has 1 aliphatic heterocycles. The lowest BCUT2D eigenvalue weighted by Gasteiger charge is -2.22. The zero-order valence-corrected chi connectivity index (χ0v) is 11.9.